The summed E-state index contributed by atoms with van der Waals surface area (Å²) in [6, 6.07) is 17.1. The number of benzene rings is 2. The monoisotopic (exact) mass is 555 g/mol. The summed E-state index contributed by atoms with van der Waals surface area (Å²) < 4.78 is 20.3. The Bertz CT molecular complexity index is 1440. The molecule has 1 aromatic heterocycles. The first kappa shape index (κ1) is 26.9. The summed E-state index contributed by atoms with van der Waals surface area (Å²) in [5.74, 6) is 1.70. The number of nitrogens with zero attached hydrogens (tertiary/aromatic N) is 3. The van der Waals surface area contributed by atoms with E-state index in [1.165, 1.54) is 5.56 Å². The average molecular weight is 556 g/mol. The number of anilines is 1. The fourth-order valence-electron chi connectivity index (χ4n) is 8.16. The van der Waals surface area contributed by atoms with Crippen molar-refractivity contribution in [1.82, 2.24) is 10.1 Å². The molecular formula is C35H42FN3O2. The summed E-state index contributed by atoms with van der Waals surface area (Å²) >= 11 is 0. The van der Waals surface area contributed by atoms with Gasteiger partial charge in [0.25, 0.3) is 0 Å². The zero-order chi connectivity index (χ0) is 28.7. The van der Waals surface area contributed by atoms with Crippen LogP contribution in [-0.2, 0) is 22.0 Å². The lowest BCUT2D eigenvalue weighted by atomic mass is 9.41. The highest BCUT2D eigenvalue weighted by Crippen LogP contribution is 2.70. The standard InChI is InChI=1S/C35H42FN3O2/c1-5-24-9-11-25(12-10-24)26-7-6-8-27(19-26)39(30(40)34-20-35(36,21-34)22-34)23-32-13-16-33(17-14-32,18-15-32)28-37-29(41-38-28)31(2,3)4/h6-12,19H,5,13-18,20-23H2,1-4H3. The molecule has 0 atom stereocenters. The molecule has 9 rings (SSSR count). The van der Waals surface area contributed by atoms with Crippen molar-refractivity contribution in [2.45, 2.75) is 108 Å². The Morgan fingerprint density at radius 2 is 1.61 bits per heavy atom. The smallest absolute Gasteiger partial charge is 0.233 e. The first-order valence-electron chi connectivity index (χ1n) is 15.5. The molecule has 0 N–H and O–H groups in total. The lowest BCUT2D eigenvalue weighted by Gasteiger charge is -2.65. The molecule has 6 aliphatic rings. The van der Waals surface area contributed by atoms with Gasteiger partial charge >= 0.3 is 0 Å². The van der Waals surface area contributed by atoms with Gasteiger partial charge in [0.1, 0.15) is 5.67 Å². The quantitative estimate of drug-likeness (QED) is 0.295. The summed E-state index contributed by atoms with van der Waals surface area (Å²) in [7, 11) is 0. The molecule has 216 valence electrons. The maximum Gasteiger partial charge on any atom is 0.233 e. The number of carbonyl (C=O) groups excluding carboxylic acids is 1. The van der Waals surface area contributed by atoms with Crippen molar-refractivity contribution in [2.75, 3.05) is 11.4 Å². The van der Waals surface area contributed by atoms with E-state index in [0.717, 1.165) is 67.6 Å². The molecule has 0 saturated heterocycles. The summed E-state index contributed by atoms with van der Waals surface area (Å²) in [5, 5.41) is 4.46. The van der Waals surface area contributed by atoms with Crippen LogP contribution in [0.1, 0.15) is 103 Å². The van der Waals surface area contributed by atoms with Crippen LogP contribution in [0.2, 0.25) is 0 Å². The Balaban J connectivity index is 1.16. The number of rotatable bonds is 7. The predicted octanol–water partition coefficient (Wildman–Crippen LogP) is 8.11. The van der Waals surface area contributed by atoms with Gasteiger partial charge in [-0.15, -0.1) is 0 Å². The normalized spacial score (nSPS) is 31.8. The van der Waals surface area contributed by atoms with E-state index in [2.05, 4.69) is 81.4 Å². The van der Waals surface area contributed by atoms with Crippen LogP contribution in [-0.4, -0.2) is 28.3 Å². The lowest BCUT2D eigenvalue weighted by molar-refractivity contribution is -0.211. The van der Waals surface area contributed by atoms with Gasteiger partial charge in [-0.05, 0) is 98.4 Å². The van der Waals surface area contributed by atoms with Crippen molar-refractivity contribution in [3.8, 4) is 11.1 Å². The Kier molecular flexibility index (Phi) is 5.89. The second-order valence-electron chi connectivity index (χ2n) is 14.9. The number of aromatic nitrogens is 2. The van der Waals surface area contributed by atoms with Crippen LogP contribution in [0, 0.1) is 10.8 Å². The van der Waals surface area contributed by atoms with Crippen LogP contribution in [0.15, 0.2) is 53.1 Å². The van der Waals surface area contributed by atoms with Crippen LogP contribution in [0.4, 0.5) is 10.1 Å². The second kappa shape index (κ2) is 8.99. The number of hydrogen-bond acceptors (Lipinski definition) is 4. The maximum absolute atomic E-state index is 14.6. The van der Waals surface area contributed by atoms with Gasteiger partial charge in [0, 0.05) is 23.1 Å². The van der Waals surface area contributed by atoms with E-state index in [9.17, 15) is 9.18 Å². The third-order valence-corrected chi connectivity index (χ3v) is 11.0. The SMILES string of the molecule is CCc1ccc(-c2cccc(N(CC34CCC(c5noc(C(C)(C)C)n5)(CC3)CC4)C(=O)C34CC(F)(C3)C4)c2)cc1. The molecule has 0 unspecified atom stereocenters. The van der Waals surface area contributed by atoms with Gasteiger partial charge in [-0.1, -0.05) is 69.2 Å². The Labute approximate surface area is 242 Å². The van der Waals surface area contributed by atoms with E-state index < -0.39 is 11.1 Å². The van der Waals surface area contributed by atoms with Crippen molar-refractivity contribution in [3.05, 3.63) is 65.8 Å². The number of aryl methyl sites for hydroxylation is 1. The zero-order valence-electron chi connectivity index (χ0n) is 24.9. The van der Waals surface area contributed by atoms with E-state index in [-0.39, 0.29) is 22.2 Å². The van der Waals surface area contributed by atoms with Crippen LogP contribution in [0.5, 0.6) is 0 Å². The summed E-state index contributed by atoms with van der Waals surface area (Å²) in [6.45, 7) is 9.17. The highest BCUT2D eigenvalue weighted by atomic mass is 19.1. The fraction of sp³-hybridized carbons (Fsp3) is 0.571. The van der Waals surface area contributed by atoms with Crippen LogP contribution in [0.25, 0.3) is 11.1 Å². The Morgan fingerprint density at radius 3 is 2.17 bits per heavy atom. The minimum Gasteiger partial charge on any atom is -0.339 e. The molecule has 1 amide bonds. The molecule has 4 bridgehead atoms. The van der Waals surface area contributed by atoms with Crippen molar-refractivity contribution in [3.63, 3.8) is 0 Å². The third-order valence-electron chi connectivity index (χ3n) is 11.0. The van der Waals surface area contributed by atoms with Crippen LogP contribution >= 0.6 is 0 Å². The Morgan fingerprint density at radius 1 is 0.951 bits per heavy atom. The highest BCUT2D eigenvalue weighted by Gasteiger charge is 2.73. The summed E-state index contributed by atoms with van der Waals surface area (Å²) in [5.41, 5.74) is 2.77. The minimum absolute atomic E-state index is 0.0252. The molecule has 1 heterocycles. The third kappa shape index (κ3) is 4.35. The number of amides is 1. The van der Waals surface area contributed by atoms with E-state index >= 15 is 0 Å². The molecule has 3 aromatic rings. The molecule has 6 saturated carbocycles. The predicted molar refractivity (Wildman–Crippen MR) is 159 cm³/mol. The molecule has 5 nitrogen and oxygen atoms in total. The number of halogens is 1. The molecule has 0 radical (unpaired) electrons. The van der Waals surface area contributed by atoms with Gasteiger partial charge in [-0.3, -0.25) is 4.79 Å². The maximum atomic E-state index is 14.6. The topological polar surface area (TPSA) is 59.2 Å². The van der Waals surface area contributed by atoms with Gasteiger partial charge in [-0.25, -0.2) is 4.39 Å². The average Bonchev–Trinajstić information content (AvgIpc) is 3.47. The first-order valence-corrected chi connectivity index (χ1v) is 15.5. The largest absolute Gasteiger partial charge is 0.339 e. The number of fused-ring (bicyclic) bond motifs is 3. The number of hydrogen-bond donors (Lipinski definition) is 0. The number of carbonyl (C=O) groups is 1. The fourth-order valence-corrected chi connectivity index (χ4v) is 8.16. The Hall–Kier alpha value is -3.02. The molecule has 0 aliphatic heterocycles. The van der Waals surface area contributed by atoms with Crippen molar-refractivity contribution in [1.29, 1.82) is 0 Å². The van der Waals surface area contributed by atoms with Crippen LogP contribution in [0.3, 0.4) is 0 Å². The van der Waals surface area contributed by atoms with E-state index in [1.807, 2.05) is 4.90 Å². The van der Waals surface area contributed by atoms with Crippen molar-refractivity contribution >= 4 is 11.6 Å². The molecule has 0 spiro atoms. The van der Waals surface area contributed by atoms with Gasteiger partial charge in [0.15, 0.2) is 5.82 Å². The van der Waals surface area contributed by atoms with Crippen LogP contribution < -0.4 is 4.90 Å². The van der Waals surface area contributed by atoms with Crippen molar-refractivity contribution in [2.24, 2.45) is 10.8 Å². The molecule has 6 heteroatoms. The van der Waals surface area contributed by atoms with Gasteiger partial charge in [0.05, 0.1) is 5.41 Å². The molecular weight excluding hydrogens is 513 g/mol. The first-order chi connectivity index (χ1) is 19.5. The molecule has 2 aromatic carbocycles. The van der Waals surface area contributed by atoms with Gasteiger partial charge in [-0.2, -0.15) is 4.98 Å². The molecule has 6 fully saturated rings. The van der Waals surface area contributed by atoms with Gasteiger partial charge in [0.2, 0.25) is 11.8 Å². The highest BCUT2D eigenvalue weighted by molar-refractivity contribution is 6.00. The summed E-state index contributed by atoms with van der Waals surface area (Å²) in [4.78, 5) is 21.1. The lowest BCUT2D eigenvalue weighted by Crippen LogP contribution is -2.71. The van der Waals surface area contributed by atoms with E-state index in [0.29, 0.717) is 31.7 Å². The molecule has 41 heavy (non-hydrogen) atoms. The van der Waals surface area contributed by atoms with Crippen molar-refractivity contribution < 1.29 is 13.7 Å². The number of alkyl halides is 1. The van der Waals surface area contributed by atoms with E-state index in [1.54, 1.807) is 0 Å². The second-order valence-corrected chi connectivity index (χ2v) is 14.9. The minimum atomic E-state index is -1.10. The summed E-state index contributed by atoms with van der Waals surface area (Å²) in [6.07, 6.45) is 8.32. The van der Waals surface area contributed by atoms with E-state index in [4.69, 9.17) is 9.51 Å². The van der Waals surface area contributed by atoms with Gasteiger partial charge < -0.3 is 9.42 Å². The molecule has 6 aliphatic carbocycles. The zero-order valence-corrected chi connectivity index (χ0v) is 24.9.